The van der Waals surface area contributed by atoms with Crippen LogP contribution in [-0.2, 0) is 17.8 Å². The number of benzene rings is 2. The molecule has 0 aliphatic carbocycles. The number of nitrogens with one attached hydrogen (secondary N) is 1. The average molecular weight is 627 g/mol. The number of likely N-dealkylation sites (tertiary alicyclic amines) is 1. The third kappa shape index (κ3) is 7.11. The van der Waals surface area contributed by atoms with Crippen LogP contribution in [0.15, 0.2) is 48.7 Å². The van der Waals surface area contributed by atoms with E-state index in [2.05, 4.69) is 14.9 Å². The van der Waals surface area contributed by atoms with Crippen molar-refractivity contribution >= 4 is 46.3 Å². The molecule has 0 radical (unpaired) electrons. The van der Waals surface area contributed by atoms with Crippen LogP contribution in [0.3, 0.4) is 0 Å². The number of carbonyl (C=O) groups excluding carboxylic acids is 1. The molecular formula is C32H37Cl2N5O4. The Morgan fingerprint density at radius 2 is 1.81 bits per heavy atom. The Kier molecular flexibility index (Phi) is 9.22. The number of hydrogen-bond acceptors (Lipinski definition) is 7. The number of carbonyl (C=O) groups is 1. The second-order valence-corrected chi connectivity index (χ2v) is 12.5. The summed E-state index contributed by atoms with van der Waals surface area (Å²) in [5.41, 5.74) is 2.79. The number of hydrogen-bond donors (Lipinski definition) is 1. The number of aromatic nitrogens is 3. The van der Waals surface area contributed by atoms with E-state index in [1.165, 1.54) is 0 Å². The van der Waals surface area contributed by atoms with Crippen molar-refractivity contribution in [3.63, 3.8) is 0 Å². The largest absolute Gasteiger partial charge is 0.493 e. The van der Waals surface area contributed by atoms with E-state index in [4.69, 9.17) is 42.4 Å². The highest BCUT2D eigenvalue weighted by atomic mass is 35.5. The first kappa shape index (κ1) is 30.8. The van der Waals surface area contributed by atoms with Crippen molar-refractivity contribution in [3.05, 3.63) is 64.3 Å². The summed E-state index contributed by atoms with van der Waals surface area (Å²) >= 11 is 13.4. The van der Waals surface area contributed by atoms with Gasteiger partial charge in [-0.3, -0.25) is 0 Å². The molecule has 1 N–H and O–H groups in total. The van der Waals surface area contributed by atoms with Gasteiger partial charge in [-0.15, -0.1) is 0 Å². The Bertz CT molecular complexity index is 1600. The van der Waals surface area contributed by atoms with Gasteiger partial charge in [0.05, 0.1) is 30.0 Å². The van der Waals surface area contributed by atoms with E-state index in [1.807, 2.05) is 63.2 Å². The number of rotatable bonds is 8. The lowest BCUT2D eigenvalue weighted by Gasteiger charge is -2.34. The smallest absolute Gasteiger partial charge is 0.410 e. The number of halogens is 2. The highest BCUT2D eigenvalue weighted by Gasteiger charge is 2.29. The Balaban J connectivity index is 1.47. The predicted octanol–water partition coefficient (Wildman–Crippen LogP) is 7.68. The Hall–Kier alpha value is -3.69. The Morgan fingerprint density at radius 1 is 1.07 bits per heavy atom. The minimum atomic E-state index is -0.550. The van der Waals surface area contributed by atoms with E-state index < -0.39 is 5.60 Å². The lowest BCUT2D eigenvalue weighted by atomic mass is 9.98. The zero-order valence-electron chi connectivity index (χ0n) is 25.1. The van der Waals surface area contributed by atoms with Gasteiger partial charge in [-0.2, -0.15) is 4.98 Å². The fourth-order valence-electron chi connectivity index (χ4n) is 5.40. The van der Waals surface area contributed by atoms with Crippen LogP contribution in [0.25, 0.3) is 22.3 Å². The molecule has 0 unspecified atom stereocenters. The van der Waals surface area contributed by atoms with Gasteiger partial charge in [-0.25, -0.2) is 9.78 Å². The quantitative estimate of drug-likeness (QED) is 0.215. The molecule has 1 aliphatic rings. The van der Waals surface area contributed by atoms with Crippen molar-refractivity contribution < 1.29 is 19.0 Å². The minimum Gasteiger partial charge on any atom is -0.493 e. The molecule has 1 saturated heterocycles. The summed E-state index contributed by atoms with van der Waals surface area (Å²) in [6.07, 6.45) is 3.37. The van der Waals surface area contributed by atoms with E-state index in [-0.39, 0.29) is 12.0 Å². The fraction of sp³-hybridized carbons (Fsp3) is 0.406. The van der Waals surface area contributed by atoms with Gasteiger partial charge in [0.25, 0.3) is 0 Å². The highest BCUT2D eigenvalue weighted by molar-refractivity contribution is 6.39. The summed E-state index contributed by atoms with van der Waals surface area (Å²) in [7, 11) is 3.22. The lowest BCUT2D eigenvalue weighted by molar-refractivity contribution is 0.0158. The van der Waals surface area contributed by atoms with Gasteiger partial charge >= 0.3 is 6.09 Å². The summed E-state index contributed by atoms with van der Waals surface area (Å²) in [5, 5.41) is 5.30. The summed E-state index contributed by atoms with van der Waals surface area (Å²) < 4.78 is 18.6. The van der Waals surface area contributed by atoms with Crippen molar-refractivity contribution in [1.29, 1.82) is 0 Å². The second kappa shape index (κ2) is 12.9. The number of nitrogens with zero attached hydrogens (tertiary/aromatic N) is 4. The summed E-state index contributed by atoms with van der Waals surface area (Å²) in [6.45, 7) is 8.01. The van der Waals surface area contributed by atoms with Gasteiger partial charge in [-0.05, 0) is 75.4 Å². The van der Waals surface area contributed by atoms with E-state index in [9.17, 15) is 4.79 Å². The predicted molar refractivity (Wildman–Crippen MR) is 170 cm³/mol. The van der Waals surface area contributed by atoms with Crippen LogP contribution in [-0.4, -0.2) is 58.4 Å². The maximum absolute atomic E-state index is 12.9. The fourth-order valence-corrected chi connectivity index (χ4v) is 5.99. The molecule has 1 atom stereocenters. The molecule has 11 heteroatoms. The zero-order chi connectivity index (χ0) is 30.7. The number of ether oxygens (including phenoxy) is 3. The second-order valence-electron chi connectivity index (χ2n) is 11.7. The SMILES string of the molecule is COc1ccc(CNc2ncc3cc(-c4c(Cl)cccc4Cl)n(C[C@@H]4CCCN(C(=O)OC(C)(C)C)C4)c3n2)cc1OC. The number of anilines is 1. The molecule has 43 heavy (non-hydrogen) atoms. The molecule has 5 rings (SSSR count). The summed E-state index contributed by atoms with van der Waals surface area (Å²) in [6, 6.07) is 13.3. The molecular weight excluding hydrogens is 589 g/mol. The maximum atomic E-state index is 12.9. The number of methoxy groups -OCH3 is 2. The van der Waals surface area contributed by atoms with Gasteiger partial charge in [0.2, 0.25) is 5.95 Å². The van der Waals surface area contributed by atoms with Gasteiger partial charge in [0.15, 0.2) is 11.5 Å². The summed E-state index contributed by atoms with van der Waals surface area (Å²) in [5.74, 6) is 1.98. The molecule has 228 valence electrons. The molecule has 2 aromatic heterocycles. The Morgan fingerprint density at radius 3 is 2.51 bits per heavy atom. The minimum absolute atomic E-state index is 0.176. The van der Waals surface area contributed by atoms with Crippen molar-refractivity contribution in [2.75, 3.05) is 32.6 Å². The maximum Gasteiger partial charge on any atom is 0.410 e. The third-order valence-corrected chi connectivity index (χ3v) is 7.99. The molecule has 9 nitrogen and oxygen atoms in total. The van der Waals surface area contributed by atoms with Crippen LogP contribution in [0.4, 0.5) is 10.7 Å². The van der Waals surface area contributed by atoms with Gasteiger partial charge in [0.1, 0.15) is 11.2 Å². The first-order valence-electron chi connectivity index (χ1n) is 14.3. The normalized spacial score (nSPS) is 15.4. The molecule has 0 saturated carbocycles. The van der Waals surface area contributed by atoms with Crippen LogP contribution in [0.5, 0.6) is 11.5 Å². The van der Waals surface area contributed by atoms with Crippen molar-refractivity contribution in [1.82, 2.24) is 19.4 Å². The molecule has 1 fully saturated rings. The number of fused-ring (bicyclic) bond motifs is 1. The van der Waals surface area contributed by atoms with Crippen molar-refractivity contribution in [2.24, 2.45) is 5.92 Å². The molecule has 1 aliphatic heterocycles. The zero-order valence-corrected chi connectivity index (χ0v) is 26.6. The first-order chi connectivity index (χ1) is 20.6. The van der Waals surface area contributed by atoms with Gasteiger partial charge in [0, 0.05) is 43.3 Å². The van der Waals surface area contributed by atoms with E-state index in [0.29, 0.717) is 53.7 Å². The van der Waals surface area contributed by atoms with Crippen LogP contribution in [0, 0.1) is 5.92 Å². The number of piperidine rings is 1. The molecule has 1 amide bonds. The van der Waals surface area contributed by atoms with Gasteiger partial charge < -0.3 is 29.0 Å². The highest BCUT2D eigenvalue weighted by Crippen LogP contribution is 2.38. The first-order valence-corrected chi connectivity index (χ1v) is 15.0. The topological polar surface area (TPSA) is 90.7 Å². The van der Waals surface area contributed by atoms with Crippen molar-refractivity contribution in [3.8, 4) is 22.8 Å². The molecule has 2 aromatic carbocycles. The average Bonchev–Trinajstić information content (AvgIpc) is 3.31. The van der Waals surface area contributed by atoms with Crippen LogP contribution >= 0.6 is 23.2 Å². The molecule has 4 aromatic rings. The molecule has 3 heterocycles. The van der Waals surface area contributed by atoms with Crippen molar-refractivity contribution in [2.45, 2.75) is 52.3 Å². The van der Waals surface area contributed by atoms with Crippen LogP contribution in [0.2, 0.25) is 10.0 Å². The van der Waals surface area contributed by atoms with Crippen LogP contribution < -0.4 is 14.8 Å². The Labute approximate surface area is 262 Å². The van der Waals surface area contributed by atoms with E-state index in [1.54, 1.807) is 25.3 Å². The van der Waals surface area contributed by atoms with Crippen LogP contribution in [0.1, 0.15) is 39.2 Å². The third-order valence-electron chi connectivity index (χ3n) is 7.36. The molecule has 0 spiro atoms. The molecule has 0 bridgehead atoms. The standard InChI is InChI=1S/C32H37Cl2N5O4/c1-32(2,3)43-31(40)38-13-7-8-21(18-38)19-39-25(28-23(33)9-6-10-24(28)34)15-22-17-36-30(37-29(22)39)35-16-20-11-12-26(41-4)27(14-20)42-5/h6,9-12,14-15,17,21H,7-8,13,16,18-19H2,1-5H3,(H,35,36,37)/t21-/m1/s1. The lowest BCUT2D eigenvalue weighted by Crippen LogP contribution is -2.43. The van der Waals surface area contributed by atoms with Gasteiger partial charge in [-0.1, -0.05) is 35.3 Å². The van der Waals surface area contributed by atoms with E-state index >= 15 is 0 Å². The summed E-state index contributed by atoms with van der Waals surface area (Å²) in [4.78, 5) is 24.2. The monoisotopic (exact) mass is 625 g/mol. The van der Waals surface area contributed by atoms with E-state index in [0.717, 1.165) is 40.7 Å². The number of amides is 1.